The number of benzene rings is 1. The summed E-state index contributed by atoms with van der Waals surface area (Å²) in [4.78, 5) is 0. The largest absolute Gasteiger partial charge is 0.205 e. The van der Waals surface area contributed by atoms with E-state index in [1.165, 1.54) is 44.6 Å². The van der Waals surface area contributed by atoms with E-state index in [9.17, 15) is 4.39 Å². The van der Waals surface area contributed by atoms with Gasteiger partial charge in [-0.3, -0.25) is 0 Å². The zero-order valence-corrected chi connectivity index (χ0v) is 15.2. The highest BCUT2D eigenvalue weighted by Gasteiger charge is 2.31. The lowest BCUT2D eigenvalue weighted by molar-refractivity contribution is 0.171. The first kappa shape index (κ1) is 17.7. The molecule has 24 heavy (non-hydrogen) atoms. The standard InChI is InChI=1S/C22H28ClF/c1-3-15-5-7-17(8-6-15)18-9-11-19(12-10-18)20-14-13-16(4-2)22(24)21(20)23/h3-4,13-15,17-19H,1-2,5-12H2. The van der Waals surface area contributed by atoms with Crippen LogP contribution in [0.5, 0.6) is 0 Å². The van der Waals surface area contributed by atoms with Gasteiger partial charge in [0.1, 0.15) is 5.82 Å². The molecule has 0 heterocycles. The van der Waals surface area contributed by atoms with Crippen LogP contribution in [-0.4, -0.2) is 0 Å². The van der Waals surface area contributed by atoms with E-state index in [-0.39, 0.29) is 5.82 Å². The molecule has 0 radical (unpaired) electrons. The molecule has 0 amide bonds. The Morgan fingerprint density at radius 2 is 1.50 bits per heavy atom. The van der Waals surface area contributed by atoms with Crippen LogP contribution in [0.15, 0.2) is 31.4 Å². The van der Waals surface area contributed by atoms with Crippen LogP contribution in [0.4, 0.5) is 4.39 Å². The van der Waals surface area contributed by atoms with Crippen molar-refractivity contribution in [2.24, 2.45) is 17.8 Å². The molecule has 1 aromatic rings. The van der Waals surface area contributed by atoms with Gasteiger partial charge in [0, 0.05) is 5.56 Å². The van der Waals surface area contributed by atoms with Gasteiger partial charge in [0.15, 0.2) is 0 Å². The van der Waals surface area contributed by atoms with Gasteiger partial charge in [0.05, 0.1) is 5.02 Å². The maximum absolute atomic E-state index is 14.2. The number of hydrogen-bond acceptors (Lipinski definition) is 0. The predicted octanol–water partition coefficient (Wildman–Crippen LogP) is 7.39. The summed E-state index contributed by atoms with van der Waals surface area (Å²) < 4.78 is 14.2. The molecular weight excluding hydrogens is 319 g/mol. The Balaban J connectivity index is 1.60. The van der Waals surface area contributed by atoms with Crippen LogP contribution in [0.25, 0.3) is 6.08 Å². The first-order valence-electron chi connectivity index (χ1n) is 9.37. The van der Waals surface area contributed by atoms with Crippen LogP contribution in [0, 0.1) is 23.6 Å². The molecule has 0 nitrogen and oxygen atoms in total. The lowest BCUT2D eigenvalue weighted by Crippen LogP contribution is -2.25. The SMILES string of the molecule is C=Cc1ccc(C2CCC(C3CCC(C=C)CC3)CC2)c(Cl)c1F. The Kier molecular flexibility index (Phi) is 5.81. The second-order valence-electron chi connectivity index (χ2n) is 7.60. The van der Waals surface area contributed by atoms with Crippen molar-refractivity contribution in [2.75, 3.05) is 0 Å². The summed E-state index contributed by atoms with van der Waals surface area (Å²) in [6.45, 7) is 7.59. The van der Waals surface area contributed by atoms with Crippen molar-refractivity contribution in [2.45, 2.75) is 57.3 Å². The fraction of sp³-hybridized carbons (Fsp3) is 0.545. The Morgan fingerprint density at radius 3 is 2.04 bits per heavy atom. The summed E-state index contributed by atoms with van der Waals surface area (Å²) in [5.74, 6) is 2.57. The van der Waals surface area contributed by atoms with Crippen molar-refractivity contribution in [1.82, 2.24) is 0 Å². The third kappa shape index (κ3) is 3.61. The van der Waals surface area contributed by atoms with Crippen molar-refractivity contribution < 1.29 is 4.39 Å². The molecule has 0 atom stereocenters. The molecular formula is C22H28ClF. The van der Waals surface area contributed by atoms with Crippen LogP contribution in [0.1, 0.15) is 68.4 Å². The van der Waals surface area contributed by atoms with Crippen LogP contribution in [0.2, 0.25) is 5.02 Å². The first-order chi connectivity index (χ1) is 11.6. The lowest BCUT2D eigenvalue weighted by atomic mass is 9.68. The highest BCUT2D eigenvalue weighted by atomic mass is 35.5. The van der Waals surface area contributed by atoms with Crippen molar-refractivity contribution >= 4 is 17.7 Å². The number of halogens is 2. The van der Waals surface area contributed by atoms with Gasteiger partial charge in [0.2, 0.25) is 0 Å². The van der Waals surface area contributed by atoms with Crippen LogP contribution >= 0.6 is 11.6 Å². The lowest BCUT2D eigenvalue weighted by Gasteiger charge is -2.37. The summed E-state index contributed by atoms with van der Waals surface area (Å²) in [5, 5.41) is 0.308. The smallest absolute Gasteiger partial charge is 0.149 e. The summed E-state index contributed by atoms with van der Waals surface area (Å²) in [6, 6.07) is 3.81. The quantitative estimate of drug-likeness (QED) is 0.498. The minimum Gasteiger partial charge on any atom is -0.205 e. The number of allylic oxidation sites excluding steroid dienone is 1. The van der Waals surface area contributed by atoms with E-state index in [0.29, 0.717) is 16.5 Å². The van der Waals surface area contributed by atoms with Gasteiger partial charge in [-0.1, -0.05) is 42.5 Å². The van der Waals surface area contributed by atoms with Crippen LogP contribution in [-0.2, 0) is 0 Å². The molecule has 3 rings (SSSR count). The van der Waals surface area contributed by atoms with E-state index in [1.54, 1.807) is 0 Å². The van der Waals surface area contributed by atoms with Crippen molar-refractivity contribution in [1.29, 1.82) is 0 Å². The fourth-order valence-corrected chi connectivity index (χ4v) is 5.13. The van der Waals surface area contributed by atoms with Gasteiger partial charge in [-0.05, 0) is 80.6 Å². The topological polar surface area (TPSA) is 0 Å². The van der Waals surface area contributed by atoms with Gasteiger partial charge in [-0.25, -0.2) is 4.39 Å². The molecule has 2 saturated carbocycles. The average Bonchev–Trinajstić information content (AvgIpc) is 2.64. The summed E-state index contributed by atoms with van der Waals surface area (Å²) in [6.07, 6.45) is 13.8. The summed E-state index contributed by atoms with van der Waals surface area (Å²) in [5.41, 5.74) is 1.49. The predicted molar refractivity (Wildman–Crippen MR) is 102 cm³/mol. The molecule has 2 heteroatoms. The van der Waals surface area contributed by atoms with E-state index in [2.05, 4.69) is 19.2 Å². The molecule has 0 saturated heterocycles. The van der Waals surface area contributed by atoms with Gasteiger partial charge in [-0.2, -0.15) is 0 Å². The first-order valence-corrected chi connectivity index (χ1v) is 9.74. The van der Waals surface area contributed by atoms with Crippen LogP contribution < -0.4 is 0 Å². The minimum absolute atomic E-state index is 0.308. The third-order valence-corrected chi connectivity index (χ3v) is 6.77. The molecule has 130 valence electrons. The molecule has 0 unspecified atom stereocenters. The van der Waals surface area contributed by atoms with Gasteiger partial charge < -0.3 is 0 Å². The molecule has 0 bridgehead atoms. The molecule has 1 aromatic carbocycles. The van der Waals surface area contributed by atoms with Gasteiger partial charge in [-0.15, -0.1) is 6.58 Å². The molecule has 2 aliphatic carbocycles. The molecule has 0 spiro atoms. The summed E-state index contributed by atoms with van der Waals surface area (Å²) in [7, 11) is 0. The van der Waals surface area contributed by atoms with Crippen LogP contribution in [0.3, 0.4) is 0 Å². The molecule has 0 aromatic heterocycles. The third-order valence-electron chi connectivity index (χ3n) is 6.39. The molecule has 2 aliphatic rings. The minimum atomic E-state index is -0.311. The number of rotatable bonds is 4. The second kappa shape index (κ2) is 7.87. The van der Waals surface area contributed by atoms with Gasteiger partial charge >= 0.3 is 0 Å². The Hall–Kier alpha value is -1.08. The fourth-order valence-electron chi connectivity index (χ4n) is 4.81. The van der Waals surface area contributed by atoms with Gasteiger partial charge in [0.25, 0.3) is 0 Å². The second-order valence-corrected chi connectivity index (χ2v) is 7.98. The van der Waals surface area contributed by atoms with Crippen molar-refractivity contribution in [3.05, 3.63) is 53.3 Å². The highest BCUT2D eigenvalue weighted by molar-refractivity contribution is 6.31. The summed E-state index contributed by atoms with van der Waals surface area (Å²) >= 11 is 6.30. The molecule has 0 aliphatic heterocycles. The van der Waals surface area contributed by atoms with E-state index >= 15 is 0 Å². The monoisotopic (exact) mass is 346 g/mol. The number of hydrogen-bond donors (Lipinski definition) is 0. The Bertz CT molecular complexity index is 590. The molecule has 0 N–H and O–H groups in total. The van der Waals surface area contributed by atoms with E-state index in [0.717, 1.165) is 36.2 Å². The van der Waals surface area contributed by atoms with E-state index < -0.39 is 0 Å². The van der Waals surface area contributed by atoms with Crippen molar-refractivity contribution in [3.8, 4) is 0 Å². The maximum Gasteiger partial charge on any atom is 0.149 e. The van der Waals surface area contributed by atoms with E-state index in [4.69, 9.17) is 11.6 Å². The zero-order valence-electron chi connectivity index (χ0n) is 14.4. The molecule has 2 fully saturated rings. The highest BCUT2D eigenvalue weighted by Crippen LogP contribution is 2.45. The maximum atomic E-state index is 14.2. The Labute approximate surface area is 150 Å². The average molecular weight is 347 g/mol. The van der Waals surface area contributed by atoms with Crippen molar-refractivity contribution in [3.63, 3.8) is 0 Å². The normalized spacial score (nSPS) is 30.8. The Morgan fingerprint density at radius 1 is 0.917 bits per heavy atom. The zero-order chi connectivity index (χ0) is 17.1. The van der Waals surface area contributed by atoms with E-state index in [1.807, 2.05) is 12.1 Å².